The Kier molecular flexibility index (Phi) is 2.21. The molecular formula is C7H7N3O2S. The van der Waals surface area contributed by atoms with Crippen LogP contribution in [0.5, 0.6) is 0 Å². The molecule has 1 aromatic heterocycles. The first-order valence-electron chi connectivity index (χ1n) is 3.31. The highest BCUT2D eigenvalue weighted by molar-refractivity contribution is 7.90. The van der Waals surface area contributed by atoms with Crippen LogP contribution in [0.25, 0.3) is 0 Å². The van der Waals surface area contributed by atoms with Gasteiger partial charge in [-0.3, -0.25) is 0 Å². The summed E-state index contributed by atoms with van der Waals surface area (Å²) >= 11 is 0. The van der Waals surface area contributed by atoms with Crippen molar-refractivity contribution in [2.24, 2.45) is 0 Å². The highest BCUT2D eigenvalue weighted by Gasteiger charge is 2.13. The zero-order valence-corrected chi connectivity index (χ0v) is 7.67. The zero-order valence-electron chi connectivity index (χ0n) is 6.85. The van der Waals surface area contributed by atoms with Crippen LogP contribution < -0.4 is 5.73 Å². The lowest BCUT2D eigenvalue weighted by Crippen LogP contribution is -2.03. The van der Waals surface area contributed by atoms with Crippen molar-refractivity contribution in [1.29, 1.82) is 5.26 Å². The van der Waals surface area contributed by atoms with Crippen molar-refractivity contribution in [3.05, 3.63) is 17.8 Å². The normalized spacial score (nSPS) is 10.8. The van der Waals surface area contributed by atoms with Gasteiger partial charge in [-0.05, 0) is 0 Å². The topological polar surface area (TPSA) is 96.8 Å². The first-order chi connectivity index (χ1) is 5.95. The fraction of sp³-hybridized carbons (Fsp3) is 0.143. The maximum absolute atomic E-state index is 11.1. The fourth-order valence-electron chi connectivity index (χ4n) is 0.843. The average molecular weight is 197 g/mol. The van der Waals surface area contributed by atoms with Gasteiger partial charge in [0.25, 0.3) is 0 Å². The van der Waals surface area contributed by atoms with Crippen LogP contribution in [0, 0.1) is 11.3 Å². The number of nitriles is 1. The van der Waals surface area contributed by atoms with Crippen molar-refractivity contribution in [2.45, 2.75) is 4.90 Å². The summed E-state index contributed by atoms with van der Waals surface area (Å²) in [5, 5.41) is 8.58. The summed E-state index contributed by atoms with van der Waals surface area (Å²) in [6, 6.07) is 2.91. The fourth-order valence-corrected chi connectivity index (χ4v) is 1.68. The van der Waals surface area contributed by atoms with E-state index in [1.807, 2.05) is 0 Å². The summed E-state index contributed by atoms with van der Waals surface area (Å²) in [4.78, 5) is 3.53. The number of rotatable bonds is 1. The molecule has 0 aliphatic carbocycles. The van der Waals surface area contributed by atoms with Crippen molar-refractivity contribution in [3.63, 3.8) is 0 Å². The van der Waals surface area contributed by atoms with Crippen LogP contribution in [0.1, 0.15) is 5.56 Å². The molecule has 2 N–H and O–H groups in total. The molecular weight excluding hydrogens is 190 g/mol. The maximum Gasteiger partial charge on any atom is 0.177 e. The van der Waals surface area contributed by atoms with Crippen LogP contribution in [-0.2, 0) is 9.84 Å². The standard InChI is InChI=1S/C7H7N3O2S/c1-13(11,12)6-2-7(9)10-4-5(6)3-8/h2,4H,1H3,(H2,9,10). The van der Waals surface area contributed by atoms with E-state index in [2.05, 4.69) is 4.98 Å². The molecule has 5 nitrogen and oxygen atoms in total. The number of nitrogen functional groups attached to an aromatic ring is 1. The largest absolute Gasteiger partial charge is 0.384 e. The Morgan fingerprint density at radius 1 is 1.62 bits per heavy atom. The molecule has 0 spiro atoms. The Labute approximate surface area is 75.7 Å². The number of sulfone groups is 1. The van der Waals surface area contributed by atoms with Crippen molar-refractivity contribution >= 4 is 15.7 Å². The average Bonchev–Trinajstić information content (AvgIpc) is 2.03. The molecule has 0 unspecified atom stereocenters. The lowest BCUT2D eigenvalue weighted by molar-refractivity contribution is 0.601. The van der Waals surface area contributed by atoms with Gasteiger partial charge in [-0.15, -0.1) is 0 Å². The van der Waals surface area contributed by atoms with E-state index in [4.69, 9.17) is 11.0 Å². The van der Waals surface area contributed by atoms with Gasteiger partial charge in [-0.25, -0.2) is 13.4 Å². The van der Waals surface area contributed by atoms with E-state index in [1.165, 1.54) is 6.07 Å². The predicted molar refractivity (Wildman–Crippen MR) is 46.5 cm³/mol. The second-order valence-corrected chi connectivity index (χ2v) is 4.47. The van der Waals surface area contributed by atoms with Crippen LogP contribution in [0.3, 0.4) is 0 Å². The Balaban J connectivity index is 3.53. The number of hydrogen-bond donors (Lipinski definition) is 1. The molecule has 1 aromatic rings. The molecule has 0 fully saturated rings. The molecule has 0 saturated carbocycles. The van der Waals surface area contributed by atoms with Gasteiger partial charge in [0.15, 0.2) is 9.84 Å². The molecule has 0 aromatic carbocycles. The van der Waals surface area contributed by atoms with Crippen LogP contribution in [0.15, 0.2) is 17.2 Å². The molecule has 0 amide bonds. The van der Waals surface area contributed by atoms with Gasteiger partial charge in [0.05, 0.1) is 10.5 Å². The molecule has 0 aliphatic heterocycles. The van der Waals surface area contributed by atoms with Crippen LogP contribution >= 0.6 is 0 Å². The maximum atomic E-state index is 11.1. The summed E-state index contributed by atoms with van der Waals surface area (Å²) in [5.41, 5.74) is 5.30. The van der Waals surface area contributed by atoms with Gasteiger partial charge in [0.2, 0.25) is 0 Å². The van der Waals surface area contributed by atoms with E-state index in [0.717, 1.165) is 12.5 Å². The van der Waals surface area contributed by atoms with Gasteiger partial charge in [0, 0.05) is 18.5 Å². The number of nitrogens with zero attached hydrogens (tertiary/aromatic N) is 2. The molecule has 68 valence electrons. The van der Waals surface area contributed by atoms with E-state index >= 15 is 0 Å². The lowest BCUT2D eigenvalue weighted by atomic mass is 10.3. The number of hydrogen-bond acceptors (Lipinski definition) is 5. The van der Waals surface area contributed by atoms with E-state index in [1.54, 1.807) is 6.07 Å². The van der Waals surface area contributed by atoms with Gasteiger partial charge in [0.1, 0.15) is 11.9 Å². The second kappa shape index (κ2) is 3.03. The van der Waals surface area contributed by atoms with Gasteiger partial charge >= 0.3 is 0 Å². The third-order valence-electron chi connectivity index (χ3n) is 1.41. The highest BCUT2D eigenvalue weighted by atomic mass is 32.2. The Hall–Kier alpha value is -1.61. The molecule has 13 heavy (non-hydrogen) atoms. The summed E-state index contributed by atoms with van der Waals surface area (Å²) in [5.74, 6) is 0.0828. The van der Waals surface area contributed by atoms with E-state index in [9.17, 15) is 8.42 Å². The first-order valence-corrected chi connectivity index (χ1v) is 5.20. The lowest BCUT2D eigenvalue weighted by Gasteiger charge is -2.00. The zero-order chi connectivity index (χ0) is 10.1. The minimum atomic E-state index is -3.41. The van der Waals surface area contributed by atoms with Gasteiger partial charge in [-0.2, -0.15) is 5.26 Å². The number of anilines is 1. The molecule has 1 heterocycles. The summed E-state index contributed by atoms with van der Waals surface area (Å²) in [6.07, 6.45) is 2.16. The van der Waals surface area contributed by atoms with Gasteiger partial charge < -0.3 is 5.73 Å². The predicted octanol–water partition coefficient (Wildman–Crippen LogP) is -0.0610. The van der Waals surface area contributed by atoms with Crippen LogP contribution in [0.4, 0.5) is 5.82 Å². The number of nitrogens with two attached hydrogens (primary N) is 1. The third kappa shape index (κ3) is 1.95. The van der Waals surface area contributed by atoms with Crippen molar-refractivity contribution < 1.29 is 8.42 Å². The highest BCUT2D eigenvalue weighted by Crippen LogP contribution is 2.15. The molecule has 0 atom stereocenters. The minimum Gasteiger partial charge on any atom is -0.384 e. The summed E-state index contributed by atoms with van der Waals surface area (Å²) in [7, 11) is -3.41. The van der Waals surface area contributed by atoms with Crippen LogP contribution in [-0.4, -0.2) is 19.7 Å². The molecule has 0 bridgehead atoms. The SMILES string of the molecule is CS(=O)(=O)c1cc(N)ncc1C#N. The third-order valence-corrected chi connectivity index (χ3v) is 2.54. The van der Waals surface area contributed by atoms with Crippen molar-refractivity contribution in [1.82, 2.24) is 4.98 Å². The second-order valence-electron chi connectivity index (χ2n) is 2.49. The molecule has 6 heteroatoms. The molecule has 0 saturated heterocycles. The Morgan fingerprint density at radius 2 is 2.23 bits per heavy atom. The molecule has 1 rings (SSSR count). The monoisotopic (exact) mass is 197 g/mol. The van der Waals surface area contributed by atoms with Crippen LogP contribution in [0.2, 0.25) is 0 Å². The molecule has 0 aliphatic rings. The first kappa shape index (κ1) is 9.48. The minimum absolute atomic E-state index is 0.0108. The van der Waals surface area contributed by atoms with E-state index < -0.39 is 9.84 Å². The smallest absolute Gasteiger partial charge is 0.177 e. The number of pyridine rings is 1. The molecule has 0 radical (unpaired) electrons. The van der Waals surface area contributed by atoms with Crippen molar-refractivity contribution in [2.75, 3.05) is 12.0 Å². The Morgan fingerprint density at radius 3 is 2.69 bits per heavy atom. The quantitative estimate of drug-likeness (QED) is 0.680. The number of aromatic nitrogens is 1. The Bertz CT molecular complexity index is 473. The van der Waals surface area contributed by atoms with E-state index in [-0.39, 0.29) is 16.3 Å². The van der Waals surface area contributed by atoms with Gasteiger partial charge in [-0.1, -0.05) is 0 Å². The summed E-state index contributed by atoms with van der Waals surface area (Å²) < 4.78 is 22.3. The van der Waals surface area contributed by atoms with Crippen molar-refractivity contribution in [3.8, 4) is 6.07 Å². The van der Waals surface area contributed by atoms with E-state index in [0.29, 0.717) is 0 Å². The summed E-state index contributed by atoms with van der Waals surface area (Å²) in [6.45, 7) is 0.